The van der Waals surface area contributed by atoms with Gasteiger partial charge in [0.25, 0.3) is 0 Å². The van der Waals surface area contributed by atoms with Crippen molar-refractivity contribution in [3.63, 3.8) is 0 Å². The van der Waals surface area contributed by atoms with Gasteiger partial charge in [0.15, 0.2) is 0 Å². The molecule has 0 radical (unpaired) electrons. The highest BCUT2D eigenvalue weighted by Gasteiger charge is 2.43. The zero-order valence-electron chi connectivity index (χ0n) is 23.9. The number of hydrogen-bond acceptors (Lipinski definition) is 0. The molecule has 0 nitrogen and oxygen atoms in total. The molecule has 0 aliphatic carbocycles. The molecular weight excluding hydrogens is 644 g/mol. The van der Waals surface area contributed by atoms with Gasteiger partial charge in [-0.1, -0.05) is 6.07 Å². The van der Waals surface area contributed by atoms with Crippen molar-refractivity contribution in [3.05, 3.63) is 117 Å². The molecule has 0 aliphatic rings. The predicted octanol–water partition coefficient (Wildman–Crippen LogP) is 12.3. The van der Waals surface area contributed by atoms with Gasteiger partial charge in [-0.2, -0.15) is 52.7 Å². The Morgan fingerprint density at radius 3 is 0.822 bits per heavy atom. The van der Waals surface area contributed by atoms with Crippen molar-refractivity contribution in [1.29, 1.82) is 0 Å². The van der Waals surface area contributed by atoms with E-state index in [0.29, 0.717) is 35.4 Å². The molecule has 0 fully saturated rings. The minimum atomic E-state index is -5.35. The highest BCUT2D eigenvalue weighted by atomic mass is 32.3. The molecule has 0 unspecified atom stereocenters. The summed E-state index contributed by atoms with van der Waals surface area (Å²) in [6.45, 7) is 5.58. The highest BCUT2D eigenvalue weighted by molar-refractivity contribution is 8.34. The number of benzene rings is 4. The molecule has 4 rings (SSSR count). The van der Waals surface area contributed by atoms with Crippen molar-refractivity contribution in [1.82, 2.24) is 0 Å². The van der Waals surface area contributed by atoms with Crippen LogP contribution in [-0.4, -0.2) is 0 Å². The number of aryl methyl sites for hydroxylation is 4. The first-order valence-corrected chi connectivity index (χ1v) is 14.6. The van der Waals surface area contributed by atoms with Crippen LogP contribution in [0.1, 0.15) is 44.5 Å². The van der Waals surface area contributed by atoms with Crippen molar-refractivity contribution in [3.8, 4) is 0 Å². The van der Waals surface area contributed by atoms with E-state index in [1.54, 1.807) is 19.9 Å². The van der Waals surface area contributed by atoms with E-state index in [-0.39, 0.29) is 22.1 Å². The van der Waals surface area contributed by atoms with E-state index in [4.69, 9.17) is 0 Å². The Morgan fingerprint density at radius 2 is 0.533 bits per heavy atom. The van der Waals surface area contributed by atoms with Crippen molar-refractivity contribution < 1.29 is 52.7 Å². The molecule has 0 amide bonds. The largest absolute Gasteiger partial charge is 0.416 e. The maximum Gasteiger partial charge on any atom is 0.416 e. The van der Waals surface area contributed by atoms with E-state index in [9.17, 15) is 52.7 Å². The molecule has 0 saturated carbocycles. The van der Waals surface area contributed by atoms with Gasteiger partial charge in [0.2, 0.25) is 0 Å². The average molecular weight is 669 g/mol. The summed E-state index contributed by atoms with van der Waals surface area (Å²) >= 11 is 0. The fourth-order valence-corrected chi connectivity index (χ4v) is 9.50. The molecule has 0 N–H and O–H groups in total. The van der Waals surface area contributed by atoms with Gasteiger partial charge in [-0.15, -0.1) is 10.0 Å². The zero-order valence-corrected chi connectivity index (χ0v) is 24.7. The van der Waals surface area contributed by atoms with E-state index >= 15 is 0 Å². The van der Waals surface area contributed by atoms with Gasteiger partial charge < -0.3 is 0 Å². The molecule has 45 heavy (non-hydrogen) atoms. The quantitative estimate of drug-likeness (QED) is 0.190. The molecule has 0 saturated heterocycles. The summed E-state index contributed by atoms with van der Waals surface area (Å²) < 4.78 is 170. The fraction of sp³-hybridized carbons (Fsp3) is 0.250. The number of hydrogen-bond donors (Lipinski definition) is 0. The molecule has 242 valence electrons. The van der Waals surface area contributed by atoms with Gasteiger partial charge in [-0.25, -0.2) is 0 Å². The third kappa shape index (κ3) is 6.97. The fourth-order valence-electron chi connectivity index (χ4n) is 5.21. The first-order valence-electron chi connectivity index (χ1n) is 13.0. The summed E-state index contributed by atoms with van der Waals surface area (Å²) in [6, 6.07) is 9.92. The lowest BCUT2D eigenvalue weighted by Gasteiger charge is -2.43. The second-order valence-corrected chi connectivity index (χ2v) is 13.9. The lowest BCUT2D eigenvalue weighted by molar-refractivity contribution is -0.143. The Labute approximate surface area is 252 Å². The summed E-state index contributed by atoms with van der Waals surface area (Å²) in [5, 5.41) is 0. The summed E-state index contributed by atoms with van der Waals surface area (Å²) in [5.74, 6) is 0. The van der Waals surface area contributed by atoms with Gasteiger partial charge >= 0.3 is 24.7 Å². The van der Waals surface area contributed by atoms with Crippen LogP contribution in [0.3, 0.4) is 0 Å². The zero-order chi connectivity index (χ0) is 33.9. The Balaban J connectivity index is 2.40. The van der Waals surface area contributed by atoms with Gasteiger partial charge in [0.05, 0.1) is 22.3 Å². The maximum atomic E-state index is 14.2. The van der Waals surface area contributed by atoms with E-state index < -0.39 is 71.7 Å². The van der Waals surface area contributed by atoms with Gasteiger partial charge in [0, 0.05) is 19.6 Å². The molecule has 0 aliphatic heterocycles. The first-order chi connectivity index (χ1) is 20.4. The van der Waals surface area contributed by atoms with Gasteiger partial charge in [-0.3, -0.25) is 0 Å². The van der Waals surface area contributed by atoms with Crippen molar-refractivity contribution in [2.45, 2.75) is 72.0 Å². The third-order valence-electron chi connectivity index (χ3n) is 6.93. The molecule has 4 aromatic rings. The van der Waals surface area contributed by atoms with Crippen LogP contribution in [0.2, 0.25) is 0 Å². The molecule has 0 atom stereocenters. The maximum absolute atomic E-state index is 14.2. The van der Waals surface area contributed by atoms with Crippen LogP contribution in [-0.2, 0) is 24.7 Å². The molecule has 0 spiro atoms. The normalized spacial score (nSPS) is 13.7. The Kier molecular flexibility index (Phi) is 8.62. The topological polar surface area (TPSA) is 0 Å². The van der Waals surface area contributed by atoms with Crippen molar-refractivity contribution in [2.75, 3.05) is 0 Å². The number of alkyl halides is 12. The van der Waals surface area contributed by atoms with Crippen LogP contribution in [0, 0.1) is 27.7 Å². The van der Waals surface area contributed by atoms with E-state index in [2.05, 4.69) is 0 Å². The van der Waals surface area contributed by atoms with Crippen LogP contribution < -0.4 is 0 Å². The Morgan fingerprint density at radius 1 is 0.311 bits per heavy atom. The summed E-state index contributed by atoms with van der Waals surface area (Å²) in [7, 11) is -3.93. The SMILES string of the molecule is Cc1cc(C)cc(S(c2cc(C)cc(C(F)(F)F)c2)(c2cc(C)cc(C(F)(F)F)c2)c2cc(C(F)(F)F)cc(C(F)(F)F)c2)c1. The van der Waals surface area contributed by atoms with Crippen LogP contribution in [0.5, 0.6) is 0 Å². The Bertz CT molecular complexity index is 1630. The standard InChI is InChI=1S/C32H24F12S/c1-17-5-18(2)9-25(8-17)45(26-10-19(3)6-21(13-26)29(33,34)35,27-11-20(4)7-22(14-27)30(36,37)38)28-15-23(31(39,40)41)12-24(16-28)32(42,43)44/h5-16H,1-4H3. The van der Waals surface area contributed by atoms with E-state index in [0.717, 1.165) is 24.3 Å². The minimum absolute atomic E-state index is 0.0510. The Hall–Kier alpha value is -3.61. The summed E-state index contributed by atoms with van der Waals surface area (Å²) in [6.07, 6.45) is -20.7. The number of halogens is 12. The molecule has 0 heterocycles. The second-order valence-electron chi connectivity index (χ2n) is 10.7. The molecule has 0 aromatic heterocycles. The van der Waals surface area contributed by atoms with E-state index in [1.807, 2.05) is 0 Å². The lowest BCUT2D eigenvalue weighted by atomic mass is 10.1. The van der Waals surface area contributed by atoms with Gasteiger partial charge in [0.1, 0.15) is 0 Å². The van der Waals surface area contributed by atoms with E-state index in [1.165, 1.54) is 26.0 Å². The third-order valence-corrected chi connectivity index (χ3v) is 10.7. The van der Waals surface area contributed by atoms with Gasteiger partial charge in [-0.05, 0) is 117 Å². The first kappa shape index (κ1) is 34.3. The minimum Gasteiger partial charge on any atom is -0.166 e. The molecular formula is C32H24F12S. The molecule has 0 bridgehead atoms. The number of rotatable bonds is 4. The summed E-state index contributed by atoms with van der Waals surface area (Å²) in [4.78, 5) is -1.59. The van der Waals surface area contributed by atoms with Crippen molar-refractivity contribution >= 4 is 10.0 Å². The lowest BCUT2D eigenvalue weighted by Crippen LogP contribution is -2.15. The average Bonchev–Trinajstić information content (AvgIpc) is 2.86. The smallest absolute Gasteiger partial charge is 0.166 e. The van der Waals surface area contributed by atoms with Crippen LogP contribution in [0.15, 0.2) is 92.4 Å². The summed E-state index contributed by atoms with van der Waals surface area (Å²) in [5.41, 5.74) is -5.34. The monoisotopic (exact) mass is 668 g/mol. The molecule has 4 aromatic carbocycles. The van der Waals surface area contributed by atoms with Crippen molar-refractivity contribution in [2.24, 2.45) is 0 Å². The molecule has 13 heteroatoms. The second kappa shape index (κ2) is 11.3. The predicted molar refractivity (Wildman–Crippen MR) is 145 cm³/mol. The van der Waals surface area contributed by atoms with Crippen LogP contribution in [0.4, 0.5) is 52.7 Å². The van der Waals surface area contributed by atoms with Crippen LogP contribution >= 0.6 is 10.0 Å². The van der Waals surface area contributed by atoms with Crippen LogP contribution in [0.25, 0.3) is 0 Å². The highest BCUT2D eigenvalue weighted by Crippen LogP contribution is 2.75.